The summed E-state index contributed by atoms with van der Waals surface area (Å²) >= 11 is 0. The zero-order valence-electron chi connectivity index (χ0n) is 10.4. The summed E-state index contributed by atoms with van der Waals surface area (Å²) in [7, 11) is 0. The van der Waals surface area contributed by atoms with E-state index >= 15 is 0 Å². The highest BCUT2D eigenvalue weighted by Crippen LogP contribution is 2.23. The Labute approximate surface area is 106 Å². The molecule has 0 unspecified atom stereocenters. The third-order valence-corrected chi connectivity index (χ3v) is 2.90. The average Bonchev–Trinajstić information content (AvgIpc) is 2.40. The molecule has 1 aliphatic heterocycles. The van der Waals surface area contributed by atoms with Gasteiger partial charge in [-0.1, -0.05) is 6.92 Å². The Hall–Kier alpha value is -1.62. The van der Waals surface area contributed by atoms with Gasteiger partial charge in [0, 0.05) is 25.2 Å². The molecule has 1 fully saturated rings. The van der Waals surface area contributed by atoms with Gasteiger partial charge in [0.05, 0.1) is 18.9 Å². The molecule has 18 heavy (non-hydrogen) atoms. The molecular weight excluding hydrogens is 235 g/mol. The highest BCUT2D eigenvalue weighted by molar-refractivity contribution is 5.90. The lowest BCUT2D eigenvalue weighted by Crippen LogP contribution is -2.36. The van der Waals surface area contributed by atoms with Crippen LogP contribution in [0, 0.1) is 5.82 Å². The smallest absolute Gasteiger partial charge is 0.224 e. The van der Waals surface area contributed by atoms with Crippen LogP contribution in [0.2, 0.25) is 0 Å². The molecule has 1 aromatic carbocycles. The van der Waals surface area contributed by atoms with Crippen molar-refractivity contribution in [3.8, 4) is 0 Å². The number of hydrogen-bond acceptors (Lipinski definition) is 3. The van der Waals surface area contributed by atoms with Crippen molar-refractivity contribution in [3.05, 3.63) is 24.0 Å². The predicted molar refractivity (Wildman–Crippen MR) is 68.4 cm³/mol. The fourth-order valence-corrected chi connectivity index (χ4v) is 1.89. The molecule has 1 heterocycles. The molecule has 0 radical (unpaired) electrons. The summed E-state index contributed by atoms with van der Waals surface area (Å²) in [4.78, 5) is 13.2. The minimum absolute atomic E-state index is 0.117. The molecule has 0 aliphatic carbocycles. The third-order valence-electron chi connectivity index (χ3n) is 2.90. The zero-order valence-corrected chi connectivity index (χ0v) is 10.4. The molecule has 1 aliphatic rings. The zero-order chi connectivity index (χ0) is 13.0. The van der Waals surface area contributed by atoms with Crippen molar-refractivity contribution >= 4 is 17.3 Å². The second-order valence-corrected chi connectivity index (χ2v) is 4.17. The number of halogens is 1. The van der Waals surface area contributed by atoms with E-state index in [0.29, 0.717) is 44.1 Å². The predicted octanol–water partition coefficient (Wildman–Crippen LogP) is 2.01. The van der Waals surface area contributed by atoms with Gasteiger partial charge in [-0.05, 0) is 18.2 Å². The van der Waals surface area contributed by atoms with Crippen LogP contribution in [-0.2, 0) is 9.53 Å². The molecular formula is C13H17FN2O2. The van der Waals surface area contributed by atoms with Gasteiger partial charge in [-0.2, -0.15) is 0 Å². The lowest BCUT2D eigenvalue weighted by Gasteiger charge is -2.29. The normalized spacial score (nSPS) is 15.6. The first-order valence-corrected chi connectivity index (χ1v) is 6.13. The van der Waals surface area contributed by atoms with E-state index < -0.39 is 0 Å². The van der Waals surface area contributed by atoms with Gasteiger partial charge in [-0.25, -0.2) is 4.39 Å². The maximum Gasteiger partial charge on any atom is 0.224 e. The lowest BCUT2D eigenvalue weighted by atomic mass is 10.2. The first-order chi connectivity index (χ1) is 8.70. The molecule has 98 valence electrons. The molecule has 1 saturated heterocycles. The van der Waals surface area contributed by atoms with Gasteiger partial charge in [0.1, 0.15) is 5.82 Å². The van der Waals surface area contributed by atoms with Gasteiger partial charge in [0.2, 0.25) is 5.91 Å². The van der Waals surface area contributed by atoms with Crippen LogP contribution in [-0.4, -0.2) is 32.2 Å². The maximum atomic E-state index is 14.0. The van der Waals surface area contributed by atoms with Gasteiger partial charge in [-0.3, -0.25) is 4.79 Å². The second-order valence-electron chi connectivity index (χ2n) is 4.17. The van der Waals surface area contributed by atoms with Crippen molar-refractivity contribution in [2.75, 3.05) is 36.5 Å². The number of carbonyl (C=O) groups excluding carboxylic acids is 1. The summed E-state index contributed by atoms with van der Waals surface area (Å²) in [6.07, 6.45) is 0.382. The molecule has 4 nitrogen and oxygen atoms in total. The molecule has 0 bridgehead atoms. The molecule has 2 rings (SSSR count). The molecule has 0 saturated carbocycles. The number of nitrogens with zero attached hydrogens (tertiary/aromatic N) is 1. The van der Waals surface area contributed by atoms with E-state index in [1.165, 1.54) is 6.07 Å². The van der Waals surface area contributed by atoms with Gasteiger partial charge in [0.25, 0.3) is 0 Å². The van der Waals surface area contributed by atoms with Gasteiger partial charge in [-0.15, -0.1) is 0 Å². The molecule has 0 spiro atoms. The Balaban J connectivity index is 2.11. The minimum Gasteiger partial charge on any atom is -0.378 e. The lowest BCUT2D eigenvalue weighted by molar-refractivity contribution is -0.115. The second kappa shape index (κ2) is 5.82. The first kappa shape index (κ1) is 12.8. The van der Waals surface area contributed by atoms with Crippen LogP contribution in [0.3, 0.4) is 0 Å². The summed E-state index contributed by atoms with van der Waals surface area (Å²) in [6.45, 7) is 4.38. The summed E-state index contributed by atoms with van der Waals surface area (Å²) in [5.41, 5.74) is 1.06. The number of carbonyl (C=O) groups is 1. The van der Waals surface area contributed by atoms with Crippen LogP contribution >= 0.6 is 0 Å². The van der Waals surface area contributed by atoms with Gasteiger partial charge < -0.3 is 15.0 Å². The van der Waals surface area contributed by atoms with Crippen LogP contribution < -0.4 is 10.2 Å². The third kappa shape index (κ3) is 2.98. The Kier molecular flexibility index (Phi) is 4.15. The quantitative estimate of drug-likeness (QED) is 0.894. The summed E-state index contributed by atoms with van der Waals surface area (Å²) in [6, 6.07) is 4.78. The number of amides is 1. The van der Waals surface area contributed by atoms with Gasteiger partial charge in [0.15, 0.2) is 0 Å². The van der Waals surface area contributed by atoms with E-state index in [0.717, 1.165) is 0 Å². The SMILES string of the molecule is CCC(=O)Nc1ccc(N2CCOCC2)c(F)c1. The van der Waals surface area contributed by atoms with E-state index in [-0.39, 0.29) is 11.7 Å². The average molecular weight is 252 g/mol. The van der Waals surface area contributed by atoms with E-state index in [1.807, 2.05) is 4.90 Å². The van der Waals surface area contributed by atoms with Crippen LogP contribution in [0.1, 0.15) is 13.3 Å². The Morgan fingerprint density at radius 2 is 2.17 bits per heavy atom. The molecule has 5 heteroatoms. The minimum atomic E-state index is -0.314. The largest absolute Gasteiger partial charge is 0.378 e. The summed E-state index contributed by atoms with van der Waals surface area (Å²) in [5, 5.41) is 2.64. The van der Waals surface area contributed by atoms with E-state index in [9.17, 15) is 9.18 Å². The number of ether oxygens (including phenoxy) is 1. The van der Waals surface area contributed by atoms with E-state index in [4.69, 9.17) is 4.74 Å². The highest BCUT2D eigenvalue weighted by Gasteiger charge is 2.15. The van der Waals surface area contributed by atoms with Crippen molar-refractivity contribution in [2.24, 2.45) is 0 Å². The number of rotatable bonds is 3. The molecule has 0 atom stereocenters. The molecule has 1 aromatic rings. The number of morpholine rings is 1. The van der Waals surface area contributed by atoms with Crippen LogP contribution in [0.15, 0.2) is 18.2 Å². The van der Waals surface area contributed by atoms with Gasteiger partial charge >= 0.3 is 0 Å². The Morgan fingerprint density at radius 3 is 2.78 bits per heavy atom. The van der Waals surface area contributed by atoms with Crippen LogP contribution in [0.4, 0.5) is 15.8 Å². The van der Waals surface area contributed by atoms with Crippen molar-refractivity contribution in [2.45, 2.75) is 13.3 Å². The van der Waals surface area contributed by atoms with Crippen molar-refractivity contribution in [1.29, 1.82) is 0 Å². The fraction of sp³-hybridized carbons (Fsp3) is 0.462. The first-order valence-electron chi connectivity index (χ1n) is 6.13. The van der Waals surface area contributed by atoms with Crippen LogP contribution in [0.25, 0.3) is 0 Å². The van der Waals surface area contributed by atoms with E-state index in [2.05, 4.69) is 5.32 Å². The number of benzene rings is 1. The number of hydrogen-bond donors (Lipinski definition) is 1. The maximum absolute atomic E-state index is 14.0. The topological polar surface area (TPSA) is 41.6 Å². The summed E-state index contributed by atoms with van der Waals surface area (Å²) < 4.78 is 19.2. The number of nitrogens with one attached hydrogen (secondary N) is 1. The standard InChI is InChI=1S/C13H17FN2O2/c1-2-13(17)15-10-3-4-12(11(14)9-10)16-5-7-18-8-6-16/h3-4,9H,2,5-8H2,1H3,(H,15,17). The van der Waals surface area contributed by atoms with Crippen molar-refractivity contribution in [1.82, 2.24) is 0 Å². The monoisotopic (exact) mass is 252 g/mol. The summed E-state index contributed by atoms with van der Waals surface area (Å²) in [5.74, 6) is -0.431. The van der Waals surface area contributed by atoms with Crippen molar-refractivity contribution in [3.63, 3.8) is 0 Å². The fourth-order valence-electron chi connectivity index (χ4n) is 1.89. The number of anilines is 2. The van der Waals surface area contributed by atoms with Crippen molar-refractivity contribution < 1.29 is 13.9 Å². The molecule has 1 amide bonds. The Bertz CT molecular complexity index is 431. The van der Waals surface area contributed by atoms with E-state index in [1.54, 1.807) is 19.1 Å². The van der Waals surface area contributed by atoms with Crippen LogP contribution in [0.5, 0.6) is 0 Å². The molecule has 0 aromatic heterocycles. The Morgan fingerprint density at radius 1 is 1.44 bits per heavy atom. The highest BCUT2D eigenvalue weighted by atomic mass is 19.1. The molecule has 1 N–H and O–H groups in total.